The van der Waals surface area contributed by atoms with Gasteiger partial charge in [0.05, 0.1) is 0 Å². The number of anilines is 1. The molecule has 32 heavy (non-hydrogen) atoms. The predicted molar refractivity (Wildman–Crippen MR) is 134 cm³/mol. The van der Waals surface area contributed by atoms with Gasteiger partial charge in [-0.1, -0.05) is 38.5 Å². The largest absolute Gasteiger partial charge is 0.350 e. The van der Waals surface area contributed by atoms with E-state index in [0.29, 0.717) is 5.92 Å². The molecule has 0 spiro atoms. The molecule has 5 rings (SSSR count). The van der Waals surface area contributed by atoms with Gasteiger partial charge >= 0.3 is 0 Å². The molecule has 0 aromatic carbocycles. The van der Waals surface area contributed by atoms with Gasteiger partial charge in [-0.3, -0.25) is 0 Å². The van der Waals surface area contributed by atoms with Crippen LogP contribution < -0.4 is 5.32 Å². The van der Waals surface area contributed by atoms with E-state index in [0.717, 1.165) is 55.5 Å². The smallest absolute Gasteiger partial charge is 0.267 e. The zero-order chi connectivity index (χ0) is 22.2. The summed E-state index contributed by atoms with van der Waals surface area (Å²) in [5.41, 5.74) is 8.65. The third-order valence-electron chi connectivity index (χ3n) is 7.20. The Kier molecular flexibility index (Phi) is 5.42. The third-order valence-corrected chi connectivity index (χ3v) is 7.20. The fraction of sp³-hybridized carbons (Fsp3) is 0.385. The molecule has 3 aromatic heterocycles. The number of pyridine rings is 1. The molecular weight excluding hydrogens is 393 g/mol. The van der Waals surface area contributed by atoms with Crippen LogP contribution in [0.3, 0.4) is 0 Å². The van der Waals surface area contributed by atoms with Crippen molar-refractivity contribution in [2.45, 2.75) is 58.1 Å². The first-order valence-corrected chi connectivity index (χ1v) is 11.8. The molecule has 0 amide bonds. The van der Waals surface area contributed by atoms with Crippen LogP contribution in [0.5, 0.6) is 0 Å². The van der Waals surface area contributed by atoms with Gasteiger partial charge in [0.1, 0.15) is 11.5 Å². The fourth-order valence-electron chi connectivity index (χ4n) is 5.47. The Bertz CT molecular complexity index is 1260. The second-order valence-electron chi connectivity index (χ2n) is 9.25. The molecule has 0 radical (unpaired) electrons. The molecule has 1 fully saturated rings. The number of nitriles is 1. The van der Waals surface area contributed by atoms with Gasteiger partial charge in [0, 0.05) is 53.7 Å². The monoisotopic (exact) mass is 423 g/mol. The number of hydrogen-bond donors (Lipinski definition) is 2. The Morgan fingerprint density at radius 2 is 2.12 bits per heavy atom. The summed E-state index contributed by atoms with van der Waals surface area (Å²) in [6, 6.07) is 4.26. The highest BCUT2D eigenvalue weighted by Gasteiger charge is 2.28. The van der Waals surface area contributed by atoms with E-state index in [4.69, 9.17) is 4.98 Å². The van der Waals surface area contributed by atoms with Crippen molar-refractivity contribution in [1.29, 1.82) is 5.26 Å². The number of fused-ring (bicyclic) bond motifs is 2. The zero-order valence-electron chi connectivity index (χ0n) is 19.2. The molecule has 0 bridgehead atoms. The molecule has 1 aliphatic heterocycles. The summed E-state index contributed by atoms with van der Waals surface area (Å²) in [7, 11) is 2.13. The van der Waals surface area contributed by atoms with Gasteiger partial charge < -0.3 is 14.9 Å². The molecule has 1 aliphatic carbocycles. The molecule has 2 N–H and O–H groups in total. The first-order chi connectivity index (χ1) is 15.6. The van der Waals surface area contributed by atoms with Gasteiger partial charge in [0.2, 0.25) is 0 Å². The lowest BCUT2D eigenvalue weighted by Gasteiger charge is -2.23. The zero-order valence-corrected chi connectivity index (χ0v) is 19.2. The Morgan fingerprint density at radius 1 is 1.31 bits per heavy atom. The Labute approximate surface area is 190 Å². The maximum absolute atomic E-state index is 9.26. The van der Waals surface area contributed by atoms with E-state index < -0.39 is 0 Å². The summed E-state index contributed by atoms with van der Waals surface area (Å²) in [6.45, 7) is 4.54. The Hall–Kier alpha value is -3.20. The molecule has 0 unspecified atom stereocenters. The second-order valence-corrected chi connectivity index (χ2v) is 9.25. The second kappa shape index (κ2) is 8.39. The van der Waals surface area contributed by atoms with Crippen molar-refractivity contribution < 1.29 is 0 Å². The third kappa shape index (κ3) is 3.66. The van der Waals surface area contributed by atoms with Crippen LogP contribution in [-0.2, 0) is 13.5 Å². The highest BCUT2D eigenvalue weighted by Crippen LogP contribution is 2.39. The van der Waals surface area contributed by atoms with E-state index in [9.17, 15) is 5.26 Å². The molecule has 2 aliphatic rings. The lowest BCUT2D eigenvalue weighted by molar-refractivity contribution is 0.609. The number of allylic oxidation sites excluding steroid dienone is 1. The highest BCUT2D eigenvalue weighted by atomic mass is 15.0. The van der Waals surface area contributed by atoms with Crippen LogP contribution in [0.25, 0.3) is 23.2 Å². The number of rotatable bonds is 4. The van der Waals surface area contributed by atoms with Gasteiger partial charge in [0.15, 0.2) is 0 Å². The minimum absolute atomic E-state index is 0.229. The maximum Gasteiger partial charge on any atom is 0.267 e. The van der Waals surface area contributed by atoms with Crippen molar-refractivity contribution in [2.24, 2.45) is 7.05 Å². The first-order valence-electron chi connectivity index (χ1n) is 11.8. The maximum atomic E-state index is 9.26. The van der Waals surface area contributed by atoms with Gasteiger partial charge in [0.25, 0.3) is 6.71 Å². The minimum Gasteiger partial charge on any atom is -0.350 e. The molecule has 3 aromatic rings. The number of aromatic amines is 1. The summed E-state index contributed by atoms with van der Waals surface area (Å²) >= 11 is 0. The SMILES string of the molecule is CCc1c(C)[nH]c2nc(NC3=Cc4c(C5CCB(C#N)CC5)cn(C)c4C=CC3)ccc12. The predicted octanol–water partition coefficient (Wildman–Crippen LogP) is 6.08. The van der Waals surface area contributed by atoms with E-state index in [-0.39, 0.29) is 6.71 Å². The topological polar surface area (TPSA) is 69.4 Å². The van der Waals surface area contributed by atoms with Crippen LogP contribution in [-0.4, -0.2) is 21.2 Å². The van der Waals surface area contributed by atoms with Crippen LogP contribution in [0.15, 0.2) is 30.1 Å². The van der Waals surface area contributed by atoms with E-state index >= 15 is 0 Å². The van der Waals surface area contributed by atoms with Crippen LogP contribution >= 0.6 is 0 Å². The number of hydrogen-bond acceptors (Lipinski definition) is 3. The summed E-state index contributed by atoms with van der Waals surface area (Å²) in [5, 5.41) is 14.1. The summed E-state index contributed by atoms with van der Waals surface area (Å²) in [6.07, 6.45) is 15.1. The average molecular weight is 423 g/mol. The first kappa shape index (κ1) is 20.7. The van der Waals surface area contributed by atoms with E-state index in [1.54, 1.807) is 0 Å². The van der Waals surface area contributed by atoms with Gasteiger partial charge in [-0.05, 0) is 54.7 Å². The van der Waals surface area contributed by atoms with E-state index in [1.807, 2.05) is 0 Å². The van der Waals surface area contributed by atoms with Crippen LogP contribution in [0.2, 0.25) is 12.6 Å². The number of aryl methyl sites for hydroxylation is 3. The van der Waals surface area contributed by atoms with Crippen molar-refractivity contribution >= 4 is 35.7 Å². The minimum atomic E-state index is 0.229. The van der Waals surface area contributed by atoms with Crippen molar-refractivity contribution in [1.82, 2.24) is 14.5 Å². The number of H-pyrrole nitrogens is 1. The molecule has 1 saturated heterocycles. The summed E-state index contributed by atoms with van der Waals surface area (Å²) in [5.74, 6) is 3.86. The van der Waals surface area contributed by atoms with Crippen LogP contribution in [0.4, 0.5) is 5.82 Å². The molecule has 5 nitrogen and oxygen atoms in total. The summed E-state index contributed by atoms with van der Waals surface area (Å²) < 4.78 is 2.25. The van der Waals surface area contributed by atoms with Crippen LogP contribution in [0, 0.1) is 18.2 Å². The lowest BCUT2D eigenvalue weighted by atomic mass is 9.41. The molecule has 162 valence electrons. The molecule has 4 heterocycles. The number of nitrogens with one attached hydrogen (secondary N) is 2. The highest BCUT2D eigenvalue weighted by molar-refractivity contribution is 6.67. The van der Waals surface area contributed by atoms with Crippen molar-refractivity contribution in [3.8, 4) is 5.97 Å². The van der Waals surface area contributed by atoms with E-state index in [1.165, 1.54) is 33.5 Å². The van der Waals surface area contributed by atoms with Gasteiger partial charge in [-0.25, -0.2) is 10.2 Å². The molecule has 0 atom stereocenters. The van der Waals surface area contributed by atoms with E-state index in [2.05, 4.69) is 78.3 Å². The van der Waals surface area contributed by atoms with Crippen molar-refractivity contribution in [2.75, 3.05) is 5.32 Å². The normalized spacial score (nSPS) is 16.6. The summed E-state index contributed by atoms with van der Waals surface area (Å²) in [4.78, 5) is 8.29. The molecular formula is C26H30BN5. The van der Waals surface area contributed by atoms with Crippen molar-refractivity contribution in [3.05, 3.63) is 58.2 Å². The van der Waals surface area contributed by atoms with Gasteiger partial charge in [-0.2, -0.15) is 0 Å². The molecule has 0 saturated carbocycles. The average Bonchev–Trinajstić information content (AvgIpc) is 3.18. The lowest BCUT2D eigenvalue weighted by Crippen LogP contribution is -2.19. The molecule has 6 heteroatoms. The fourth-order valence-corrected chi connectivity index (χ4v) is 5.47. The van der Waals surface area contributed by atoms with Gasteiger partial charge in [-0.15, -0.1) is 0 Å². The Balaban J connectivity index is 1.45. The quantitative estimate of drug-likeness (QED) is 0.500. The number of nitrogens with zero attached hydrogens (tertiary/aromatic N) is 3. The number of aromatic nitrogens is 3. The standard InChI is InChI=1S/C26H30BN5/c1-4-20-17(2)29-26-21(20)8-9-25(31-26)30-19-6-5-7-24-22(14-19)23(15-32(24)3)18-10-12-27(16-28)13-11-18/h5,7-9,14-15,18H,4,6,10-13H2,1-3H3,(H2,29,30,31). The van der Waals surface area contributed by atoms with Crippen LogP contribution in [0.1, 0.15) is 60.2 Å². The Morgan fingerprint density at radius 3 is 2.88 bits per heavy atom. The van der Waals surface area contributed by atoms with Crippen molar-refractivity contribution in [3.63, 3.8) is 0 Å².